The van der Waals surface area contributed by atoms with Crippen molar-refractivity contribution in [2.75, 3.05) is 38.1 Å². The smallest absolute Gasteiger partial charge is 0.159 e. The van der Waals surface area contributed by atoms with E-state index in [1.165, 1.54) is 0 Å². The van der Waals surface area contributed by atoms with Gasteiger partial charge in [-0.3, -0.25) is 4.79 Å². The lowest BCUT2D eigenvalue weighted by atomic mass is 9.95. The molecular formula is C19H27N3O2. The number of nitrogens with zero attached hydrogens (tertiary/aromatic N) is 3. The zero-order chi connectivity index (χ0) is 17.7. The van der Waals surface area contributed by atoms with Crippen LogP contribution >= 0.6 is 0 Å². The molecule has 1 fully saturated rings. The van der Waals surface area contributed by atoms with E-state index in [4.69, 9.17) is 0 Å². The second-order valence-corrected chi connectivity index (χ2v) is 6.87. The molecule has 1 unspecified atom stereocenters. The number of rotatable bonds is 6. The molecule has 1 aromatic carbocycles. The van der Waals surface area contributed by atoms with Gasteiger partial charge in [0.15, 0.2) is 5.78 Å². The molecule has 1 N–H and O–H groups in total. The molecule has 0 aliphatic carbocycles. The molecule has 5 nitrogen and oxygen atoms in total. The molecule has 1 aliphatic rings. The van der Waals surface area contributed by atoms with Gasteiger partial charge in [-0.25, -0.2) is 0 Å². The van der Waals surface area contributed by atoms with Gasteiger partial charge in [0, 0.05) is 25.7 Å². The Hall–Kier alpha value is -1.90. The second-order valence-electron chi connectivity index (χ2n) is 6.87. The number of aliphatic hydroxyl groups is 1. The van der Waals surface area contributed by atoms with Crippen LogP contribution in [0.2, 0.25) is 0 Å². The number of carbonyl (C=O) groups excluding carboxylic acids is 1. The lowest BCUT2D eigenvalue weighted by molar-refractivity contribution is 0.101. The fourth-order valence-corrected chi connectivity index (χ4v) is 3.37. The Bertz CT molecular complexity index is 614. The number of ketones is 1. The maximum atomic E-state index is 11.6. The van der Waals surface area contributed by atoms with Crippen molar-refractivity contribution >= 4 is 11.5 Å². The number of hydrogen-bond acceptors (Lipinski definition) is 5. The van der Waals surface area contributed by atoms with Gasteiger partial charge in [0.2, 0.25) is 0 Å². The zero-order valence-electron chi connectivity index (χ0n) is 14.8. The van der Waals surface area contributed by atoms with Crippen LogP contribution < -0.4 is 4.90 Å². The van der Waals surface area contributed by atoms with Crippen LogP contribution in [0.25, 0.3) is 0 Å². The van der Waals surface area contributed by atoms with Crippen molar-refractivity contribution in [3.8, 4) is 6.07 Å². The number of β-amino-alcohol motifs (C(OH)–C–C–N with tert-alkyl or cyclic N) is 1. The standard InChI is InChI=1S/C19H27N3O2/c1-14(23)12-22-8-6-16(7-9-22)13-21(3)19-10-17(15(2)24)4-5-18(19)11-20/h4-5,10,14,16,23H,6-9,12-13H2,1-3H3. The van der Waals surface area contributed by atoms with Crippen molar-refractivity contribution in [3.63, 3.8) is 0 Å². The van der Waals surface area contributed by atoms with E-state index >= 15 is 0 Å². The van der Waals surface area contributed by atoms with Crippen LogP contribution in [0.3, 0.4) is 0 Å². The lowest BCUT2D eigenvalue weighted by Gasteiger charge is -2.35. The Morgan fingerprint density at radius 3 is 2.67 bits per heavy atom. The van der Waals surface area contributed by atoms with E-state index in [0.29, 0.717) is 17.0 Å². The van der Waals surface area contributed by atoms with E-state index in [9.17, 15) is 15.2 Å². The molecule has 5 heteroatoms. The summed E-state index contributed by atoms with van der Waals surface area (Å²) in [6, 6.07) is 7.49. The van der Waals surface area contributed by atoms with Crippen molar-refractivity contribution in [2.45, 2.75) is 32.8 Å². The van der Waals surface area contributed by atoms with Crippen molar-refractivity contribution < 1.29 is 9.90 Å². The van der Waals surface area contributed by atoms with E-state index in [1.807, 2.05) is 20.0 Å². The van der Waals surface area contributed by atoms with Gasteiger partial charge in [-0.2, -0.15) is 5.26 Å². The number of nitriles is 1. The van der Waals surface area contributed by atoms with Gasteiger partial charge in [0.25, 0.3) is 0 Å². The maximum Gasteiger partial charge on any atom is 0.159 e. The average Bonchev–Trinajstić information content (AvgIpc) is 2.55. The van der Waals surface area contributed by atoms with Crippen LogP contribution in [0, 0.1) is 17.2 Å². The van der Waals surface area contributed by atoms with Gasteiger partial charge in [0.05, 0.1) is 17.4 Å². The summed E-state index contributed by atoms with van der Waals surface area (Å²) in [6.07, 6.45) is 1.90. The van der Waals surface area contributed by atoms with Gasteiger partial charge in [-0.05, 0) is 63.9 Å². The number of hydrogen-bond donors (Lipinski definition) is 1. The van der Waals surface area contributed by atoms with Gasteiger partial charge < -0.3 is 14.9 Å². The molecule has 0 spiro atoms. The molecule has 0 saturated carbocycles. The minimum Gasteiger partial charge on any atom is -0.392 e. The Kier molecular flexibility index (Phi) is 6.36. The van der Waals surface area contributed by atoms with Crippen molar-refractivity contribution in [1.82, 2.24) is 4.90 Å². The van der Waals surface area contributed by atoms with E-state index in [1.54, 1.807) is 19.1 Å². The van der Waals surface area contributed by atoms with Crippen LogP contribution in [0.5, 0.6) is 0 Å². The number of likely N-dealkylation sites (tertiary alicyclic amines) is 1. The minimum absolute atomic E-state index is 0.0144. The number of Topliss-reactive ketones (excluding diaryl/α,β-unsaturated/α-hetero) is 1. The first kappa shape index (κ1) is 18.4. The molecule has 0 aromatic heterocycles. The van der Waals surface area contributed by atoms with Crippen LogP contribution in [0.4, 0.5) is 5.69 Å². The number of carbonyl (C=O) groups is 1. The third-order valence-corrected chi connectivity index (χ3v) is 4.70. The summed E-state index contributed by atoms with van der Waals surface area (Å²) in [5, 5.41) is 18.8. The minimum atomic E-state index is -0.281. The molecule has 0 bridgehead atoms. The monoisotopic (exact) mass is 329 g/mol. The number of benzene rings is 1. The molecule has 0 amide bonds. The summed E-state index contributed by atoms with van der Waals surface area (Å²) in [4.78, 5) is 16.0. The summed E-state index contributed by atoms with van der Waals surface area (Å²) >= 11 is 0. The van der Waals surface area contributed by atoms with Crippen LogP contribution in [0.15, 0.2) is 18.2 Å². The summed E-state index contributed by atoms with van der Waals surface area (Å²) in [5.74, 6) is 0.577. The van der Waals surface area contributed by atoms with Crippen LogP contribution in [0.1, 0.15) is 42.6 Å². The Labute approximate surface area is 144 Å². The third-order valence-electron chi connectivity index (χ3n) is 4.70. The van der Waals surface area contributed by atoms with Gasteiger partial charge >= 0.3 is 0 Å². The Balaban J connectivity index is 2.00. The maximum absolute atomic E-state index is 11.6. The predicted octanol–water partition coefficient (Wildman–Crippen LogP) is 2.29. The molecule has 24 heavy (non-hydrogen) atoms. The quantitative estimate of drug-likeness (QED) is 0.811. The Morgan fingerprint density at radius 1 is 1.46 bits per heavy atom. The van der Waals surface area contributed by atoms with E-state index in [2.05, 4.69) is 15.9 Å². The molecule has 1 saturated heterocycles. The molecule has 130 valence electrons. The summed E-state index contributed by atoms with van der Waals surface area (Å²) in [7, 11) is 1.99. The fourth-order valence-electron chi connectivity index (χ4n) is 3.37. The van der Waals surface area contributed by atoms with Crippen molar-refractivity contribution in [1.29, 1.82) is 5.26 Å². The molecule has 0 radical (unpaired) electrons. The normalized spacial score (nSPS) is 17.3. The summed E-state index contributed by atoms with van der Waals surface area (Å²) in [5.41, 5.74) is 2.08. The first-order valence-corrected chi connectivity index (χ1v) is 8.57. The van der Waals surface area contributed by atoms with Gasteiger partial charge in [-0.15, -0.1) is 0 Å². The fraction of sp³-hybridized carbons (Fsp3) is 0.579. The molecule has 2 rings (SSSR count). The number of anilines is 1. The highest BCUT2D eigenvalue weighted by Crippen LogP contribution is 2.25. The van der Waals surface area contributed by atoms with Crippen LogP contribution in [-0.2, 0) is 0 Å². The molecule has 1 aromatic rings. The molecule has 1 atom stereocenters. The molecular weight excluding hydrogens is 302 g/mol. The molecule has 1 aliphatic heterocycles. The van der Waals surface area contributed by atoms with Gasteiger partial charge in [-0.1, -0.05) is 0 Å². The first-order valence-electron chi connectivity index (χ1n) is 8.57. The highest BCUT2D eigenvalue weighted by molar-refractivity contribution is 5.95. The van der Waals surface area contributed by atoms with Gasteiger partial charge in [0.1, 0.15) is 6.07 Å². The summed E-state index contributed by atoms with van der Waals surface area (Å²) < 4.78 is 0. The predicted molar refractivity (Wildman–Crippen MR) is 95.3 cm³/mol. The lowest BCUT2D eigenvalue weighted by Crippen LogP contribution is -2.40. The Morgan fingerprint density at radius 2 is 2.12 bits per heavy atom. The zero-order valence-corrected chi connectivity index (χ0v) is 14.8. The van der Waals surface area contributed by atoms with E-state index < -0.39 is 0 Å². The number of piperidine rings is 1. The van der Waals surface area contributed by atoms with Crippen LogP contribution in [-0.4, -0.2) is 55.1 Å². The highest BCUT2D eigenvalue weighted by atomic mass is 16.3. The van der Waals surface area contributed by atoms with E-state index in [-0.39, 0.29) is 11.9 Å². The number of aliphatic hydroxyl groups excluding tert-OH is 1. The SMILES string of the molecule is CC(=O)c1ccc(C#N)c(N(C)CC2CCN(CC(C)O)CC2)c1. The average molecular weight is 329 g/mol. The summed E-state index contributed by atoms with van der Waals surface area (Å²) in [6.45, 7) is 6.98. The van der Waals surface area contributed by atoms with Crippen molar-refractivity contribution in [3.05, 3.63) is 29.3 Å². The topological polar surface area (TPSA) is 67.6 Å². The highest BCUT2D eigenvalue weighted by Gasteiger charge is 2.22. The largest absolute Gasteiger partial charge is 0.392 e. The van der Waals surface area contributed by atoms with Crippen molar-refractivity contribution in [2.24, 2.45) is 5.92 Å². The second kappa shape index (κ2) is 8.27. The first-order chi connectivity index (χ1) is 11.4. The molecule has 1 heterocycles. The third kappa shape index (κ3) is 4.80. The van der Waals surface area contributed by atoms with E-state index in [0.717, 1.165) is 44.7 Å².